The molecule has 0 aromatic heterocycles. The quantitative estimate of drug-likeness (QED) is 0.207. The molecule has 0 aliphatic rings. The average Bonchev–Trinajstić information content (AvgIpc) is 2.68. The maximum absolute atomic E-state index is 5.72. The van der Waals surface area contributed by atoms with Crippen LogP contribution in [-0.4, -0.2) is 18.5 Å². The fourth-order valence-electron chi connectivity index (χ4n) is 2.23. The molecule has 0 saturated carbocycles. The van der Waals surface area contributed by atoms with Crippen molar-refractivity contribution >= 4 is 27.3 Å². The zero-order valence-corrected chi connectivity index (χ0v) is 17.0. The zero-order chi connectivity index (χ0) is 18.5. The van der Waals surface area contributed by atoms with Crippen molar-refractivity contribution in [2.75, 3.05) is 18.5 Å². The average molecular weight is 419 g/mol. The van der Waals surface area contributed by atoms with Gasteiger partial charge in [0.25, 0.3) is 0 Å². The molecular formula is C21H27BrN2O2. The van der Waals surface area contributed by atoms with E-state index in [1.54, 1.807) is 0 Å². The van der Waals surface area contributed by atoms with E-state index < -0.39 is 0 Å². The van der Waals surface area contributed by atoms with E-state index in [1.807, 2.05) is 48.5 Å². The first kappa shape index (κ1) is 20.4. The van der Waals surface area contributed by atoms with Gasteiger partial charge in [0.2, 0.25) is 0 Å². The van der Waals surface area contributed by atoms with E-state index >= 15 is 0 Å². The van der Waals surface area contributed by atoms with Crippen molar-refractivity contribution in [1.82, 2.24) is 0 Å². The fourth-order valence-corrected chi connectivity index (χ4v) is 2.63. The molecule has 2 aromatic rings. The van der Waals surface area contributed by atoms with E-state index in [0.717, 1.165) is 60.7 Å². The van der Waals surface area contributed by atoms with Gasteiger partial charge in [-0.15, -0.1) is 0 Å². The molecule has 0 unspecified atom stereocenters. The third-order valence-electron chi connectivity index (χ3n) is 3.77. The summed E-state index contributed by atoms with van der Waals surface area (Å²) in [5, 5.41) is 9.59. The van der Waals surface area contributed by atoms with Gasteiger partial charge in [-0.05, 0) is 74.2 Å². The smallest absolute Gasteiger partial charge is 0.119 e. The van der Waals surface area contributed by atoms with Gasteiger partial charge in [-0.3, -0.25) is 0 Å². The highest BCUT2D eigenvalue weighted by Crippen LogP contribution is 2.23. The molecule has 0 atom stereocenters. The first-order valence-electron chi connectivity index (χ1n) is 9.25. The molecule has 0 aliphatic heterocycles. The van der Waals surface area contributed by atoms with Gasteiger partial charge in [-0.1, -0.05) is 29.3 Å². The maximum atomic E-state index is 5.72. The van der Waals surface area contributed by atoms with Crippen LogP contribution in [0.2, 0.25) is 0 Å². The number of ether oxygens (including phenoxy) is 2. The van der Waals surface area contributed by atoms with Crippen LogP contribution in [0.1, 0.15) is 39.0 Å². The highest BCUT2D eigenvalue weighted by atomic mass is 79.9. The lowest BCUT2D eigenvalue weighted by Crippen LogP contribution is -1.96. The summed E-state index contributed by atoms with van der Waals surface area (Å²) in [4.78, 5) is 0. The van der Waals surface area contributed by atoms with Crippen molar-refractivity contribution in [3.63, 3.8) is 0 Å². The van der Waals surface area contributed by atoms with Crippen LogP contribution in [0.3, 0.4) is 0 Å². The van der Waals surface area contributed by atoms with E-state index in [0.29, 0.717) is 0 Å². The number of unbranched alkanes of at least 4 members (excludes halogenated alkanes) is 3. The van der Waals surface area contributed by atoms with Crippen LogP contribution in [0, 0.1) is 0 Å². The summed E-state index contributed by atoms with van der Waals surface area (Å²) in [6, 6.07) is 15.4. The van der Waals surface area contributed by atoms with Crippen molar-refractivity contribution in [1.29, 1.82) is 0 Å². The van der Waals surface area contributed by atoms with E-state index in [2.05, 4.69) is 33.1 Å². The summed E-state index contributed by atoms with van der Waals surface area (Å²) in [5.74, 6) is 1.74. The molecule has 5 heteroatoms. The second kappa shape index (κ2) is 12.5. The van der Waals surface area contributed by atoms with Gasteiger partial charge in [0.1, 0.15) is 11.5 Å². The van der Waals surface area contributed by atoms with Gasteiger partial charge < -0.3 is 9.47 Å². The van der Waals surface area contributed by atoms with Gasteiger partial charge in [0.15, 0.2) is 0 Å². The van der Waals surface area contributed by atoms with E-state index in [1.165, 1.54) is 12.8 Å². The van der Waals surface area contributed by atoms with Gasteiger partial charge >= 0.3 is 0 Å². The Labute approximate surface area is 164 Å². The molecule has 4 nitrogen and oxygen atoms in total. The Bertz CT molecular complexity index is 642. The number of benzene rings is 2. The predicted molar refractivity (Wildman–Crippen MR) is 111 cm³/mol. The van der Waals surface area contributed by atoms with Crippen LogP contribution >= 0.6 is 15.9 Å². The largest absolute Gasteiger partial charge is 0.494 e. The second-order valence-electron chi connectivity index (χ2n) is 5.99. The Morgan fingerprint density at radius 3 is 1.65 bits per heavy atom. The van der Waals surface area contributed by atoms with Gasteiger partial charge in [0.05, 0.1) is 24.6 Å². The molecule has 26 heavy (non-hydrogen) atoms. The lowest BCUT2D eigenvalue weighted by Gasteiger charge is -2.05. The molecule has 0 bridgehead atoms. The predicted octanol–water partition coefficient (Wildman–Crippen LogP) is 7.22. The van der Waals surface area contributed by atoms with Gasteiger partial charge in [0, 0.05) is 5.33 Å². The summed E-state index contributed by atoms with van der Waals surface area (Å²) in [7, 11) is 0. The van der Waals surface area contributed by atoms with Gasteiger partial charge in [-0.2, -0.15) is 10.2 Å². The third-order valence-corrected chi connectivity index (χ3v) is 4.33. The number of azo groups is 1. The SMILES string of the molecule is CCCCOc1ccc(N=Nc2ccc(OCCCCCBr)cc2)cc1. The number of hydrogen-bond acceptors (Lipinski definition) is 4. The van der Waals surface area contributed by atoms with Crippen molar-refractivity contribution in [3.8, 4) is 11.5 Å². The molecule has 0 saturated heterocycles. The van der Waals surface area contributed by atoms with Crippen LogP contribution in [0.4, 0.5) is 11.4 Å². The highest BCUT2D eigenvalue weighted by molar-refractivity contribution is 9.09. The van der Waals surface area contributed by atoms with Crippen molar-refractivity contribution < 1.29 is 9.47 Å². The fraction of sp³-hybridized carbons (Fsp3) is 0.429. The molecule has 0 fully saturated rings. The number of hydrogen-bond donors (Lipinski definition) is 0. The summed E-state index contributed by atoms with van der Waals surface area (Å²) in [6.07, 6.45) is 5.64. The number of halogens is 1. The lowest BCUT2D eigenvalue weighted by molar-refractivity contribution is 0.306. The van der Waals surface area contributed by atoms with Crippen LogP contribution in [0.25, 0.3) is 0 Å². The Morgan fingerprint density at radius 2 is 1.19 bits per heavy atom. The van der Waals surface area contributed by atoms with Crippen LogP contribution in [0.15, 0.2) is 58.8 Å². The van der Waals surface area contributed by atoms with E-state index in [4.69, 9.17) is 9.47 Å². The summed E-state index contributed by atoms with van der Waals surface area (Å²) in [6.45, 7) is 3.65. The van der Waals surface area contributed by atoms with Crippen molar-refractivity contribution in [3.05, 3.63) is 48.5 Å². The standard InChI is InChI=1S/C21H27BrN2O2/c1-2-3-16-25-20-11-7-18(8-12-20)23-24-19-9-13-21(14-10-19)26-17-6-4-5-15-22/h7-14H,2-6,15-17H2,1H3. The van der Waals surface area contributed by atoms with Crippen molar-refractivity contribution in [2.24, 2.45) is 10.2 Å². The molecule has 2 rings (SSSR count). The molecule has 0 aliphatic carbocycles. The minimum absolute atomic E-state index is 0.751. The topological polar surface area (TPSA) is 43.2 Å². The maximum Gasteiger partial charge on any atom is 0.119 e. The monoisotopic (exact) mass is 418 g/mol. The van der Waals surface area contributed by atoms with Crippen LogP contribution in [0.5, 0.6) is 11.5 Å². The third kappa shape index (κ3) is 8.00. The number of rotatable bonds is 12. The van der Waals surface area contributed by atoms with Crippen LogP contribution < -0.4 is 9.47 Å². The Balaban J connectivity index is 1.78. The summed E-state index contributed by atoms with van der Waals surface area (Å²) < 4.78 is 11.4. The molecular weight excluding hydrogens is 392 g/mol. The van der Waals surface area contributed by atoms with Crippen LogP contribution in [-0.2, 0) is 0 Å². The highest BCUT2D eigenvalue weighted by Gasteiger charge is 1.97. The summed E-state index contributed by atoms with van der Waals surface area (Å²) >= 11 is 3.44. The van der Waals surface area contributed by atoms with Gasteiger partial charge in [-0.25, -0.2) is 0 Å². The first-order valence-corrected chi connectivity index (χ1v) is 10.4. The Kier molecular flexibility index (Phi) is 9.80. The summed E-state index contributed by atoms with van der Waals surface area (Å²) in [5.41, 5.74) is 1.61. The molecule has 0 heterocycles. The molecule has 0 radical (unpaired) electrons. The zero-order valence-electron chi connectivity index (χ0n) is 15.4. The molecule has 0 amide bonds. The molecule has 140 valence electrons. The number of nitrogens with zero attached hydrogens (tertiary/aromatic N) is 2. The molecule has 0 N–H and O–H groups in total. The van der Waals surface area contributed by atoms with E-state index in [9.17, 15) is 0 Å². The minimum atomic E-state index is 0.751. The number of alkyl halides is 1. The second-order valence-corrected chi connectivity index (χ2v) is 6.78. The normalized spacial score (nSPS) is 11.0. The molecule has 0 spiro atoms. The first-order chi connectivity index (χ1) is 12.8. The van der Waals surface area contributed by atoms with Crippen molar-refractivity contribution in [2.45, 2.75) is 39.0 Å². The Hall–Kier alpha value is -1.88. The minimum Gasteiger partial charge on any atom is -0.494 e. The lowest BCUT2D eigenvalue weighted by atomic mass is 10.2. The Morgan fingerprint density at radius 1 is 0.692 bits per heavy atom. The van der Waals surface area contributed by atoms with E-state index in [-0.39, 0.29) is 0 Å². The molecule has 2 aromatic carbocycles.